The van der Waals surface area contributed by atoms with Crippen LogP contribution in [0, 0.1) is 11.7 Å². The summed E-state index contributed by atoms with van der Waals surface area (Å²) < 4.78 is 32.8. The number of rotatable bonds is 9. The van der Waals surface area contributed by atoms with Gasteiger partial charge in [-0.15, -0.1) is 0 Å². The first-order valence-corrected chi connectivity index (χ1v) is 14.2. The molecule has 2 aliphatic rings. The number of carbonyl (C=O) groups is 1. The molecule has 0 aromatic heterocycles. The van der Waals surface area contributed by atoms with Crippen LogP contribution in [0.3, 0.4) is 0 Å². The predicted molar refractivity (Wildman–Crippen MR) is 154 cm³/mol. The zero-order chi connectivity index (χ0) is 28.4. The third-order valence-electron chi connectivity index (χ3n) is 8.22. The summed E-state index contributed by atoms with van der Waals surface area (Å²) >= 11 is 0. The van der Waals surface area contributed by atoms with Gasteiger partial charge in [-0.2, -0.15) is 0 Å². The van der Waals surface area contributed by atoms with Crippen molar-refractivity contribution in [2.75, 3.05) is 13.7 Å². The molecule has 0 aliphatic heterocycles. The van der Waals surface area contributed by atoms with Crippen molar-refractivity contribution in [1.29, 1.82) is 0 Å². The zero-order valence-electron chi connectivity index (χ0n) is 24.4. The molecule has 5 nitrogen and oxygen atoms in total. The van der Waals surface area contributed by atoms with E-state index in [2.05, 4.69) is 37.9 Å². The van der Waals surface area contributed by atoms with Gasteiger partial charge in [0.1, 0.15) is 17.2 Å². The van der Waals surface area contributed by atoms with Crippen LogP contribution in [0.15, 0.2) is 48.7 Å². The number of amides is 1. The van der Waals surface area contributed by atoms with Crippen LogP contribution in [0.4, 0.5) is 9.18 Å². The van der Waals surface area contributed by atoms with Crippen molar-refractivity contribution in [1.82, 2.24) is 5.32 Å². The SMILES string of the molecule is C=C(OC)C(C)(C)c1ccc(O[C@@H]2CCC(CNC(=O)OC(C)(C)C)C2)c(-c2cccc(F)c2C2CCC2)c1. The lowest BCUT2D eigenvalue weighted by molar-refractivity contribution is 0.0518. The van der Waals surface area contributed by atoms with Gasteiger partial charge in [-0.3, -0.25) is 0 Å². The fraction of sp³-hybridized carbons (Fsp3) is 0.545. The second-order valence-corrected chi connectivity index (χ2v) is 12.6. The Labute approximate surface area is 233 Å². The van der Waals surface area contributed by atoms with E-state index in [4.69, 9.17) is 14.2 Å². The van der Waals surface area contributed by atoms with Crippen LogP contribution < -0.4 is 10.1 Å². The van der Waals surface area contributed by atoms with E-state index in [1.807, 2.05) is 32.9 Å². The minimum atomic E-state index is -0.520. The summed E-state index contributed by atoms with van der Waals surface area (Å²) in [6, 6.07) is 11.6. The molecule has 0 radical (unpaired) electrons. The van der Waals surface area contributed by atoms with Gasteiger partial charge in [0.2, 0.25) is 0 Å². The van der Waals surface area contributed by atoms with Gasteiger partial charge < -0.3 is 19.5 Å². The number of methoxy groups -OCH3 is 1. The van der Waals surface area contributed by atoms with Crippen molar-refractivity contribution in [3.05, 3.63) is 65.7 Å². The van der Waals surface area contributed by atoms with Gasteiger partial charge in [-0.25, -0.2) is 9.18 Å². The summed E-state index contributed by atoms with van der Waals surface area (Å²) in [6.07, 6.45) is 5.46. The molecule has 2 fully saturated rings. The van der Waals surface area contributed by atoms with Crippen molar-refractivity contribution < 1.29 is 23.4 Å². The molecule has 0 heterocycles. The van der Waals surface area contributed by atoms with Gasteiger partial charge in [0.05, 0.1) is 19.0 Å². The van der Waals surface area contributed by atoms with Crippen LogP contribution in [0.25, 0.3) is 11.1 Å². The van der Waals surface area contributed by atoms with E-state index in [0.29, 0.717) is 18.2 Å². The number of carbonyl (C=O) groups excluding carboxylic acids is 1. The number of alkyl carbamates (subject to hydrolysis) is 1. The quantitative estimate of drug-likeness (QED) is 0.327. The van der Waals surface area contributed by atoms with Gasteiger partial charge in [0, 0.05) is 17.5 Å². The van der Waals surface area contributed by atoms with Crippen molar-refractivity contribution in [2.45, 2.75) is 96.2 Å². The highest BCUT2D eigenvalue weighted by atomic mass is 19.1. The lowest BCUT2D eigenvalue weighted by atomic mass is 9.76. The molecular weight excluding hydrogens is 493 g/mol. The molecule has 212 valence electrons. The molecule has 0 bridgehead atoms. The van der Waals surface area contributed by atoms with Gasteiger partial charge in [-0.05, 0) is 113 Å². The van der Waals surface area contributed by atoms with Crippen LogP contribution in [0.1, 0.15) is 90.2 Å². The Kier molecular flexibility index (Phi) is 8.63. The largest absolute Gasteiger partial charge is 0.501 e. The van der Waals surface area contributed by atoms with Crippen LogP contribution in [-0.4, -0.2) is 31.5 Å². The highest BCUT2D eigenvalue weighted by molar-refractivity contribution is 5.75. The first-order valence-electron chi connectivity index (χ1n) is 14.2. The molecule has 6 heteroatoms. The van der Waals surface area contributed by atoms with E-state index in [1.165, 1.54) is 0 Å². The van der Waals surface area contributed by atoms with Gasteiger partial charge >= 0.3 is 6.09 Å². The third-order valence-corrected chi connectivity index (χ3v) is 8.22. The Balaban J connectivity index is 1.59. The second kappa shape index (κ2) is 11.6. The number of benzene rings is 2. The van der Waals surface area contributed by atoms with E-state index in [-0.39, 0.29) is 23.9 Å². The molecule has 2 saturated carbocycles. The lowest BCUT2D eigenvalue weighted by Crippen LogP contribution is -2.35. The van der Waals surface area contributed by atoms with Gasteiger partial charge in [-0.1, -0.05) is 31.2 Å². The van der Waals surface area contributed by atoms with Crippen LogP contribution in [-0.2, 0) is 14.9 Å². The maximum Gasteiger partial charge on any atom is 0.407 e. The number of halogens is 1. The molecule has 2 aliphatic carbocycles. The molecule has 2 atom stereocenters. The summed E-state index contributed by atoms with van der Waals surface area (Å²) in [4.78, 5) is 12.1. The van der Waals surface area contributed by atoms with E-state index >= 15 is 4.39 Å². The molecule has 0 saturated heterocycles. The van der Waals surface area contributed by atoms with Crippen molar-refractivity contribution in [2.24, 2.45) is 5.92 Å². The van der Waals surface area contributed by atoms with E-state index in [1.54, 1.807) is 19.2 Å². The molecule has 1 unspecified atom stereocenters. The van der Waals surface area contributed by atoms with Crippen LogP contribution in [0.5, 0.6) is 5.75 Å². The maximum absolute atomic E-state index is 15.2. The summed E-state index contributed by atoms with van der Waals surface area (Å²) in [5.74, 6) is 1.82. The average Bonchev–Trinajstić information content (AvgIpc) is 3.28. The molecule has 1 N–H and O–H groups in total. The Morgan fingerprint density at radius 1 is 1.05 bits per heavy atom. The Hall–Kier alpha value is -3.02. The minimum Gasteiger partial charge on any atom is -0.501 e. The summed E-state index contributed by atoms with van der Waals surface area (Å²) in [6.45, 7) is 14.4. The standard InChI is InChI=1S/C33H44FNO4/c1-21(37-7)33(5,6)24-15-17-29(27(19-24)26-12-9-13-28(34)30(26)23-10-8-11-23)38-25-16-14-22(18-25)20-35-31(36)39-32(2,3)4/h9,12-13,15,17,19,22-23,25H,1,8,10-11,14,16,18,20H2,2-7H3,(H,35,36)/t22?,25-/m1/s1. The van der Waals surface area contributed by atoms with Gasteiger partial charge in [0.15, 0.2) is 0 Å². The fourth-order valence-corrected chi connectivity index (χ4v) is 5.57. The van der Waals surface area contributed by atoms with Crippen LogP contribution in [0.2, 0.25) is 0 Å². The lowest BCUT2D eigenvalue weighted by Gasteiger charge is -2.31. The van der Waals surface area contributed by atoms with E-state index in [0.717, 1.165) is 66.5 Å². The third kappa shape index (κ3) is 6.77. The monoisotopic (exact) mass is 537 g/mol. The van der Waals surface area contributed by atoms with Crippen molar-refractivity contribution in [3.8, 4) is 16.9 Å². The Morgan fingerprint density at radius 2 is 1.79 bits per heavy atom. The highest BCUT2D eigenvalue weighted by Gasteiger charge is 2.32. The number of ether oxygens (including phenoxy) is 3. The highest BCUT2D eigenvalue weighted by Crippen LogP contribution is 2.46. The number of hydrogen-bond acceptors (Lipinski definition) is 4. The molecule has 2 aromatic rings. The van der Waals surface area contributed by atoms with E-state index < -0.39 is 11.0 Å². The molecular formula is C33H44FNO4. The molecule has 4 rings (SSSR count). The number of hydrogen-bond donors (Lipinski definition) is 1. The topological polar surface area (TPSA) is 56.8 Å². The van der Waals surface area contributed by atoms with Crippen molar-refractivity contribution >= 4 is 6.09 Å². The van der Waals surface area contributed by atoms with Crippen molar-refractivity contribution in [3.63, 3.8) is 0 Å². The Morgan fingerprint density at radius 3 is 2.44 bits per heavy atom. The molecule has 39 heavy (non-hydrogen) atoms. The molecule has 1 amide bonds. The minimum absolute atomic E-state index is 0.0164. The molecule has 2 aromatic carbocycles. The smallest absolute Gasteiger partial charge is 0.407 e. The summed E-state index contributed by atoms with van der Waals surface area (Å²) in [5.41, 5.74) is 2.68. The predicted octanol–water partition coefficient (Wildman–Crippen LogP) is 8.27. The zero-order valence-corrected chi connectivity index (χ0v) is 24.4. The first-order chi connectivity index (χ1) is 18.4. The molecule has 0 spiro atoms. The fourth-order valence-electron chi connectivity index (χ4n) is 5.57. The summed E-state index contributed by atoms with van der Waals surface area (Å²) in [5, 5.41) is 2.90. The number of allylic oxidation sites excluding steroid dienone is 1. The maximum atomic E-state index is 15.2. The first kappa shape index (κ1) is 29.0. The summed E-state index contributed by atoms with van der Waals surface area (Å²) in [7, 11) is 1.64. The average molecular weight is 538 g/mol. The normalized spacial score (nSPS) is 19.8. The second-order valence-electron chi connectivity index (χ2n) is 12.6. The van der Waals surface area contributed by atoms with Crippen LogP contribution >= 0.6 is 0 Å². The van der Waals surface area contributed by atoms with Gasteiger partial charge in [0.25, 0.3) is 0 Å². The number of nitrogens with one attached hydrogen (secondary N) is 1. The van der Waals surface area contributed by atoms with E-state index in [9.17, 15) is 4.79 Å². The Bertz CT molecular complexity index is 1190.